The van der Waals surface area contributed by atoms with E-state index in [2.05, 4.69) is 16.8 Å². The van der Waals surface area contributed by atoms with E-state index in [9.17, 15) is 4.39 Å². The number of hydrogen-bond acceptors (Lipinski definition) is 2. The summed E-state index contributed by atoms with van der Waals surface area (Å²) in [6, 6.07) is 5.31. The average Bonchev–Trinajstić information content (AvgIpc) is 2.38. The Labute approximate surface area is 116 Å². The molecule has 0 aliphatic carbocycles. The molecule has 0 radical (unpaired) electrons. The lowest BCUT2D eigenvalue weighted by molar-refractivity contribution is 0.540. The maximum Gasteiger partial charge on any atom is 0.130 e. The van der Waals surface area contributed by atoms with Crippen LogP contribution in [0.15, 0.2) is 30.9 Å². The van der Waals surface area contributed by atoms with Crippen molar-refractivity contribution >= 4 is 5.69 Å². The van der Waals surface area contributed by atoms with Crippen LogP contribution in [0, 0.1) is 5.82 Å². The lowest BCUT2D eigenvalue weighted by Gasteiger charge is -2.25. The van der Waals surface area contributed by atoms with Crippen LogP contribution in [0.4, 0.5) is 10.1 Å². The number of nitrogens with one attached hydrogen (secondary N) is 1. The van der Waals surface area contributed by atoms with Crippen molar-refractivity contribution in [2.75, 3.05) is 25.0 Å². The molecule has 106 valence electrons. The summed E-state index contributed by atoms with van der Waals surface area (Å²) in [6.45, 7) is 9.49. The molecule has 2 nitrogen and oxygen atoms in total. The number of unbranched alkanes of at least 4 members (excludes halogenated alkanes) is 1. The van der Waals surface area contributed by atoms with Gasteiger partial charge in [0.15, 0.2) is 0 Å². The van der Waals surface area contributed by atoms with Gasteiger partial charge < -0.3 is 10.2 Å². The Morgan fingerprint density at radius 1 is 1.47 bits per heavy atom. The van der Waals surface area contributed by atoms with Gasteiger partial charge in [0, 0.05) is 30.9 Å². The van der Waals surface area contributed by atoms with E-state index in [-0.39, 0.29) is 11.9 Å². The van der Waals surface area contributed by atoms with E-state index < -0.39 is 0 Å². The van der Waals surface area contributed by atoms with Crippen LogP contribution in [0.5, 0.6) is 0 Å². The number of rotatable bonds is 8. The molecule has 0 bridgehead atoms. The predicted octanol–water partition coefficient (Wildman–Crippen LogP) is 3.90. The largest absolute Gasteiger partial charge is 0.374 e. The molecule has 0 saturated carbocycles. The van der Waals surface area contributed by atoms with Crippen LogP contribution in [0.3, 0.4) is 0 Å². The van der Waals surface area contributed by atoms with Gasteiger partial charge >= 0.3 is 0 Å². The standard InChI is InChI=1S/C16H25FN2/c1-5-7-8-12-19(4)15-11-9-10-14(17)16(15)13(3)18-6-2/h5,9-11,13,18H,1,6-8,12H2,2-4H3. The summed E-state index contributed by atoms with van der Waals surface area (Å²) >= 11 is 0. The van der Waals surface area contributed by atoms with Crippen LogP contribution in [-0.2, 0) is 0 Å². The van der Waals surface area contributed by atoms with Gasteiger partial charge in [-0.1, -0.05) is 19.1 Å². The van der Waals surface area contributed by atoms with Crippen molar-refractivity contribution in [1.29, 1.82) is 0 Å². The van der Waals surface area contributed by atoms with Crippen LogP contribution >= 0.6 is 0 Å². The van der Waals surface area contributed by atoms with Crippen LogP contribution in [0.2, 0.25) is 0 Å². The van der Waals surface area contributed by atoms with Crippen molar-refractivity contribution in [3.05, 3.63) is 42.2 Å². The maximum atomic E-state index is 14.1. The molecular formula is C16H25FN2. The molecule has 0 aliphatic heterocycles. The summed E-state index contributed by atoms with van der Waals surface area (Å²) < 4.78 is 14.1. The topological polar surface area (TPSA) is 15.3 Å². The van der Waals surface area contributed by atoms with E-state index in [1.807, 2.05) is 33.0 Å². The molecule has 0 saturated heterocycles. The van der Waals surface area contributed by atoms with Gasteiger partial charge in [-0.2, -0.15) is 0 Å². The van der Waals surface area contributed by atoms with E-state index in [4.69, 9.17) is 0 Å². The van der Waals surface area contributed by atoms with Gasteiger partial charge in [0.2, 0.25) is 0 Å². The molecule has 19 heavy (non-hydrogen) atoms. The highest BCUT2D eigenvalue weighted by Crippen LogP contribution is 2.28. The molecule has 0 heterocycles. The zero-order chi connectivity index (χ0) is 14.3. The third kappa shape index (κ3) is 4.35. The second-order valence-corrected chi connectivity index (χ2v) is 4.80. The fourth-order valence-corrected chi connectivity index (χ4v) is 2.29. The molecule has 1 aromatic carbocycles. The molecule has 1 rings (SSSR count). The normalized spacial score (nSPS) is 12.2. The summed E-state index contributed by atoms with van der Waals surface area (Å²) in [5, 5.41) is 3.28. The van der Waals surface area contributed by atoms with Crippen molar-refractivity contribution in [2.24, 2.45) is 0 Å². The van der Waals surface area contributed by atoms with Crippen LogP contribution in [-0.4, -0.2) is 20.1 Å². The third-order valence-electron chi connectivity index (χ3n) is 3.29. The smallest absolute Gasteiger partial charge is 0.130 e. The Kier molecular flexibility index (Phi) is 6.57. The summed E-state index contributed by atoms with van der Waals surface area (Å²) in [7, 11) is 2.01. The zero-order valence-corrected chi connectivity index (χ0v) is 12.2. The molecule has 0 aromatic heterocycles. The van der Waals surface area contributed by atoms with Crippen LogP contribution in [0.1, 0.15) is 38.3 Å². The Morgan fingerprint density at radius 3 is 2.84 bits per heavy atom. The van der Waals surface area contributed by atoms with E-state index in [0.29, 0.717) is 0 Å². The van der Waals surface area contributed by atoms with Gasteiger partial charge in [0.05, 0.1) is 0 Å². The molecule has 0 amide bonds. The van der Waals surface area contributed by atoms with Crippen molar-refractivity contribution in [2.45, 2.75) is 32.7 Å². The molecule has 0 aliphatic rings. The predicted molar refractivity (Wildman–Crippen MR) is 81.2 cm³/mol. The van der Waals surface area contributed by atoms with E-state index >= 15 is 0 Å². The summed E-state index contributed by atoms with van der Waals surface area (Å²) in [5.41, 5.74) is 1.72. The lowest BCUT2D eigenvalue weighted by atomic mass is 10.0. The Hall–Kier alpha value is -1.35. The zero-order valence-electron chi connectivity index (χ0n) is 12.2. The molecular weight excluding hydrogens is 239 g/mol. The highest BCUT2D eigenvalue weighted by atomic mass is 19.1. The van der Waals surface area contributed by atoms with Gasteiger partial charge in [0.25, 0.3) is 0 Å². The van der Waals surface area contributed by atoms with E-state index in [1.165, 1.54) is 6.07 Å². The highest BCUT2D eigenvalue weighted by Gasteiger charge is 2.16. The van der Waals surface area contributed by atoms with Crippen molar-refractivity contribution < 1.29 is 4.39 Å². The number of benzene rings is 1. The fourth-order valence-electron chi connectivity index (χ4n) is 2.29. The first-order valence-electron chi connectivity index (χ1n) is 6.95. The van der Waals surface area contributed by atoms with Gasteiger partial charge in [-0.3, -0.25) is 0 Å². The first-order valence-corrected chi connectivity index (χ1v) is 6.95. The summed E-state index contributed by atoms with van der Waals surface area (Å²) in [5.74, 6) is -0.137. The third-order valence-corrected chi connectivity index (χ3v) is 3.29. The number of halogens is 1. The highest BCUT2D eigenvalue weighted by molar-refractivity contribution is 5.55. The number of hydrogen-bond donors (Lipinski definition) is 1. The van der Waals surface area contributed by atoms with Crippen LogP contribution in [0.25, 0.3) is 0 Å². The van der Waals surface area contributed by atoms with Gasteiger partial charge in [-0.15, -0.1) is 6.58 Å². The molecule has 1 atom stereocenters. The molecule has 0 spiro atoms. The SMILES string of the molecule is C=CCCCN(C)c1cccc(F)c1C(C)NCC. The minimum Gasteiger partial charge on any atom is -0.374 e. The second kappa shape index (κ2) is 7.95. The first-order chi connectivity index (χ1) is 9.11. The lowest BCUT2D eigenvalue weighted by Crippen LogP contribution is -2.25. The Balaban J connectivity index is 2.92. The quantitative estimate of drug-likeness (QED) is 0.566. The van der Waals surface area contributed by atoms with E-state index in [0.717, 1.165) is 37.2 Å². The average molecular weight is 264 g/mol. The maximum absolute atomic E-state index is 14.1. The molecule has 1 unspecified atom stereocenters. The van der Waals surface area contributed by atoms with E-state index in [1.54, 1.807) is 6.07 Å². The Morgan fingerprint density at radius 2 is 2.21 bits per heavy atom. The number of nitrogens with zero attached hydrogens (tertiary/aromatic N) is 1. The molecule has 1 aromatic rings. The summed E-state index contributed by atoms with van der Waals surface area (Å²) in [4.78, 5) is 2.12. The Bertz CT molecular complexity index is 404. The van der Waals surface area contributed by atoms with Gasteiger partial charge in [-0.05, 0) is 38.4 Å². The number of allylic oxidation sites excluding steroid dienone is 1. The van der Waals surface area contributed by atoms with Crippen molar-refractivity contribution in [3.8, 4) is 0 Å². The van der Waals surface area contributed by atoms with Gasteiger partial charge in [-0.25, -0.2) is 4.39 Å². The van der Waals surface area contributed by atoms with Crippen molar-refractivity contribution in [1.82, 2.24) is 5.32 Å². The van der Waals surface area contributed by atoms with Crippen molar-refractivity contribution in [3.63, 3.8) is 0 Å². The molecule has 0 fully saturated rings. The summed E-state index contributed by atoms with van der Waals surface area (Å²) in [6.07, 6.45) is 3.94. The monoisotopic (exact) mass is 264 g/mol. The van der Waals surface area contributed by atoms with Crippen LogP contribution < -0.4 is 10.2 Å². The first kappa shape index (κ1) is 15.7. The molecule has 1 N–H and O–H groups in total. The molecule has 3 heteroatoms. The fraction of sp³-hybridized carbons (Fsp3) is 0.500. The second-order valence-electron chi connectivity index (χ2n) is 4.80. The minimum atomic E-state index is -0.137. The van der Waals surface area contributed by atoms with Gasteiger partial charge in [0.1, 0.15) is 5.82 Å². The minimum absolute atomic E-state index is 0.0167. The number of anilines is 1.